The Balaban J connectivity index is 1.36. The average molecular weight is 462 g/mol. The van der Waals surface area contributed by atoms with Crippen molar-refractivity contribution in [3.05, 3.63) is 72.1 Å². The topological polar surface area (TPSA) is 75.0 Å². The highest BCUT2D eigenvalue weighted by atomic mass is 32.2. The Bertz CT molecular complexity index is 1370. The first-order chi connectivity index (χ1) is 15.8. The van der Waals surface area contributed by atoms with Crippen LogP contribution in [-0.4, -0.2) is 39.0 Å². The lowest BCUT2D eigenvalue weighted by Gasteiger charge is -2.08. The fraction of sp³-hybridized carbons (Fsp3) is 0.130. The maximum absolute atomic E-state index is 5.41. The molecule has 2 aromatic carbocycles. The summed E-state index contributed by atoms with van der Waals surface area (Å²) >= 11 is 3.23. The number of hydrogen-bond donors (Lipinski definition) is 0. The summed E-state index contributed by atoms with van der Waals surface area (Å²) in [6.45, 7) is 0. The molecule has 0 N–H and O–H groups in total. The molecule has 0 aliphatic heterocycles. The van der Waals surface area contributed by atoms with Crippen LogP contribution in [0.15, 0.2) is 71.5 Å². The molecule has 160 valence electrons. The Labute approximate surface area is 193 Å². The predicted molar refractivity (Wildman–Crippen MR) is 127 cm³/mol. The zero-order valence-electron chi connectivity index (χ0n) is 17.4. The molecule has 7 nitrogen and oxygen atoms in total. The maximum atomic E-state index is 5.41. The van der Waals surface area contributed by atoms with Gasteiger partial charge in [-0.25, -0.2) is 19.6 Å². The summed E-state index contributed by atoms with van der Waals surface area (Å²) in [7, 11) is 3.26. The lowest BCUT2D eigenvalue weighted by Crippen LogP contribution is -1.97. The number of fused-ring (bicyclic) bond motifs is 1. The second kappa shape index (κ2) is 8.97. The van der Waals surface area contributed by atoms with Crippen LogP contribution in [0.5, 0.6) is 11.5 Å². The van der Waals surface area contributed by atoms with Gasteiger partial charge in [0.15, 0.2) is 17.1 Å². The van der Waals surface area contributed by atoms with E-state index in [0.29, 0.717) is 17.3 Å². The molecule has 5 rings (SSSR count). The van der Waals surface area contributed by atoms with Crippen molar-refractivity contribution < 1.29 is 9.47 Å². The molecule has 0 unspecified atom stereocenters. The third-order valence-electron chi connectivity index (χ3n) is 4.87. The molecule has 0 saturated heterocycles. The van der Waals surface area contributed by atoms with Gasteiger partial charge in [0.2, 0.25) is 0 Å². The molecule has 0 fully saturated rings. The van der Waals surface area contributed by atoms with Crippen molar-refractivity contribution in [2.45, 2.75) is 10.8 Å². The van der Waals surface area contributed by atoms with E-state index in [1.807, 2.05) is 59.4 Å². The Morgan fingerprint density at radius 3 is 2.66 bits per heavy atom. The summed E-state index contributed by atoms with van der Waals surface area (Å²) in [4.78, 5) is 13.7. The van der Waals surface area contributed by atoms with Crippen molar-refractivity contribution in [1.29, 1.82) is 0 Å². The molecule has 0 spiro atoms. The number of ether oxygens (including phenoxy) is 2. The minimum Gasteiger partial charge on any atom is -0.493 e. The van der Waals surface area contributed by atoms with Gasteiger partial charge in [0.25, 0.3) is 0 Å². The highest BCUT2D eigenvalue weighted by Gasteiger charge is 2.13. The molecule has 0 bridgehead atoms. The molecule has 32 heavy (non-hydrogen) atoms. The second-order valence-corrected chi connectivity index (χ2v) is 8.63. The quantitative estimate of drug-likeness (QED) is 0.242. The molecule has 0 amide bonds. The first kappa shape index (κ1) is 20.5. The molecular formula is C23H19N5O2S2. The van der Waals surface area contributed by atoms with Gasteiger partial charge in [-0.15, -0.1) is 11.3 Å². The van der Waals surface area contributed by atoms with Crippen molar-refractivity contribution in [3.8, 4) is 27.8 Å². The summed E-state index contributed by atoms with van der Waals surface area (Å²) in [6.07, 6.45) is 3.41. The van der Waals surface area contributed by atoms with Crippen molar-refractivity contribution >= 4 is 34.1 Å². The van der Waals surface area contributed by atoms with Crippen LogP contribution in [-0.2, 0) is 5.75 Å². The van der Waals surface area contributed by atoms with Crippen LogP contribution in [0.4, 0.5) is 0 Å². The molecular weight excluding hydrogens is 442 g/mol. The van der Waals surface area contributed by atoms with Crippen LogP contribution in [0.25, 0.3) is 27.3 Å². The van der Waals surface area contributed by atoms with E-state index in [0.717, 1.165) is 38.0 Å². The zero-order chi connectivity index (χ0) is 21.9. The number of nitrogens with zero attached hydrogens (tertiary/aromatic N) is 5. The monoisotopic (exact) mass is 461 g/mol. The molecule has 0 aliphatic carbocycles. The Kier molecular flexibility index (Phi) is 5.74. The fourth-order valence-corrected chi connectivity index (χ4v) is 5.09. The van der Waals surface area contributed by atoms with Gasteiger partial charge >= 0.3 is 0 Å². The van der Waals surface area contributed by atoms with Gasteiger partial charge in [-0.3, -0.25) is 0 Å². The van der Waals surface area contributed by atoms with Crippen LogP contribution in [0, 0.1) is 0 Å². The number of aromatic nitrogens is 5. The van der Waals surface area contributed by atoms with E-state index in [1.54, 1.807) is 43.6 Å². The molecule has 3 heterocycles. The molecule has 0 aliphatic rings. The second-order valence-electron chi connectivity index (χ2n) is 6.81. The summed E-state index contributed by atoms with van der Waals surface area (Å²) in [5.74, 6) is 2.09. The van der Waals surface area contributed by atoms with E-state index in [4.69, 9.17) is 14.5 Å². The Morgan fingerprint density at radius 2 is 1.84 bits per heavy atom. The molecule has 0 radical (unpaired) electrons. The molecule has 3 aromatic heterocycles. The summed E-state index contributed by atoms with van der Waals surface area (Å²) in [5, 5.41) is 9.35. The van der Waals surface area contributed by atoms with Crippen molar-refractivity contribution in [2.75, 3.05) is 14.2 Å². The fourth-order valence-electron chi connectivity index (χ4n) is 3.31. The largest absolute Gasteiger partial charge is 0.493 e. The predicted octanol–water partition coefficient (Wildman–Crippen LogP) is 5.25. The highest BCUT2D eigenvalue weighted by molar-refractivity contribution is 7.98. The van der Waals surface area contributed by atoms with E-state index in [-0.39, 0.29) is 0 Å². The Morgan fingerprint density at radius 1 is 1.00 bits per heavy atom. The molecule has 5 aromatic rings. The van der Waals surface area contributed by atoms with Gasteiger partial charge in [-0.05, 0) is 30.3 Å². The van der Waals surface area contributed by atoms with E-state index in [1.165, 1.54) is 0 Å². The SMILES string of the molecule is COc1ccc(-c2nc(CSc3ncnc4c3cnn4-c3ccccc3)cs2)cc1OC. The molecule has 0 atom stereocenters. The third kappa shape index (κ3) is 3.92. The standard InChI is InChI=1S/C23H19N5O2S2/c1-29-19-9-8-15(10-20(19)30-2)22-27-16(12-31-22)13-32-23-18-11-26-28(21(18)24-14-25-23)17-6-4-3-5-7-17/h3-12,14H,13H2,1-2H3. The minimum absolute atomic E-state index is 0.690. The van der Waals surface area contributed by atoms with E-state index in [9.17, 15) is 0 Å². The van der Waals surface area contributed by atoms with Crippen molar-refractivity contribution in [2.24, 2.45) is 0 Å². The summed E-state index contributed by atoms with van der Waals surface area (Å²) in [5.41, 5.74) is 3.75. The van der Waals surface area contributed by atoms with Crippen molar-refractivity contribution in [3.63, 3.8) is 0 Å². The van der Waals surface area contributed by atoms with Crippen LogP contribution in [0.1, 0.15) is 5.69 Å². The number of benzene rings is 2. The minimum atomic E-state index is 0.690. The van der Waals surface area contributed by atoms with Crippen LogP contribution < -0.4 is 9.47 Å². The number of para-hydroxylation sites is 1. The lowest BCUT2D eigenvalue weighted by atomic mass is 10.2. The number of thiazole rings is 1. The zero-order valence-corrected chi connectivity index (χ0v) is 19.1. The van der Waals surface area contributed by atoms with E-state index < -0.39 is 0 Å². The van der Waals surface area contributed by atoms with Crippen LogP contribution in [0.3, 0.4) is 0 Å². The lowest BCUT2D eigenvalue weighted by molar-refractivity contribution is 0.355. The van der Waals surface area contributed by atoms with Gasteiger partial charge in [-0.2, -0.15) is 5.10 Å². The smallest absolute Gasteiger partial charge is 0.167 e. The first-order valence-corrected chi connectivity index (χ1v) is 11.7. The summed E-state index contributed by atoms with van der Waals surface area (Å²) < 4.78 is 12.6. The number of thioether (sulfide) groups is 1. The maximum Gasteiger partial charge on any atom is 0.167 e. The Hall–Kier alpha value is -3.43. The van der Waals surface area contributed by atoms with Gasteiger partial charge < -0.3 is 9.47 Å². The van der Waals surface area contributed by atoms with Gasteiger partial charge in [0, 0.05) is 16.7 Å². The highest BCUT2D eigenvalue weighted by Crippen LogP contribution is 2.35. The van der Waals surface area contributed by atoms with Gasteiger partial charge in [0.1, 0.15) is 16.4 Å². The van der Waals surface area contributed by atoms with Gasteiger partial charge in [-0.1, -0.05) is 30.0 Å². The van der Waals surface area contributed by atoms with Crippen LogP contribution in [0.2, 0.25) is 0 Å². The third-order valence-corrected chi connectivity index (χ3v) is 6.85. The number of hydrogen-bond acceptors (Lipinski definition) is 8. The number of rotatable bonds is 7. The average Bonchev–Trinajstić information content (AvgIpc) is 3.50. The van der Waals surface area contributed by atoms with Gasteiger partial charge in [0.05, 0.1) is 37.2 Å². The molecule has 9 heteroatoms. The molecule has 0 saturated carbocycles. The normalized spacial score (nSPS) is 11.1. The summed E-state index contributed by atoms with van der Waals surface area (Å²) in [6, 6.07) is 15.8. The van der Waals surface area contributed by atoms with Crippen LogP contribution >= 0.6 is 23.1 Å². The number of methoxy groups -OCH3 is 2. The first-order valence-electron chi connectivity index (χ1n) is 9.80. The van der Waals surface area contributed by atoms with E-state index >= 15 is 0 Å². The van der Waals surface area contributed by atoms with E-state index in [2.05, 4.69) is 20.4 Å². The van der Waals surface area contributed by atoms with Crippen molar-refractivity contribution in [1.82, 2.24) is 24.7 Å².